The Bertz CT molecular complexity index is 1920. The van der Waals surface area contributed by atoms with Gasteiger partial charge in [0.1, 0.15) is 5.75 Å². The van der Waals surface area contributed by atoms with Crippen LogP contribution in [0.25, 0.3) is 21.8 Å². The Kier molecular flexibility index (Phi) is 11.8. The van der Waals surface area contributed by atoms with E-state index < -0.39 is 5.92 Å². The molecule has 7 nitrogen and oxygen atoms in total. The zero-order valence-corrected chi connectivity index (χ0v) is 29.3. The number of nitrogens with zero attached hydrogens (tertiary/aromatic N) is 2. The number of fused-ring (bicyclic) bond motifs is 3. The number of anilines is 1. The zero-order valence-electron chi connectivity index (χ0n) is 27.7. The predicted octanol–water partition coefficient (Wildman–Crippen LogP) is 9.17. The molecule has 9 heteroatoms. The predicted molar refractivity (Wildman–Crippen MR) is 198 cm³/mol. The largest absolute Gasteiger partial charge is 0.497 e. The van der Waals surface area contributed by atoms with E-state index in [-0.39, 0.29) is 24.2 Å². The Morgan fingerprint density at radius 3 is 2.46 bits per heavy atom. The molecule has 3 aromatic carbocycles. The van der Waals surface area contributed by atoms with E-state index in [9.17, 15) is 9.59 Å². The summed E-state index contributed by atoms with van der Waals surface area (Å²) in [5, 5.41) is 5.80. The van der Waals surface area contributed by atoms with Gasteiger partial charge in [0.2, 0.25) is 5.91 Å². The van der Waals surface area contributed by atoms with E-state index in [0.29, 0.717) is 29.3 Å². The standard InChI is InChI=1S/C39H43ClN4O3.ClH/c1-25-36(32-24-28(47-2)21-22-35(32)44(25)39(46)26-17-19-27(40)20-18-26)31(14-6-4-3-5-11-23-41)38(45)43-37-29-12-7-9-15-33(29)42-34-16-10-8-13-30(34)37;/h7,9,12,15,17-22,24,31H,3-6,8,10-11,13-14,16,23,41H2,1-2H3,(H,42,43,45);1H. The number of hydrogen-bond donors (Lipinski definition) is 2. The van der Waals surface area contributed by atoms with E-state index >= 15 is 0 Å². The van der Waals surface area contributed by atoms with Crippen LogP contribution < -0.4 is 15.8 Å². The van der Waals surface area contributed by atoms with Gasteiger partial charge in [0, 0.05) is 32.7 Å². The van der Waals surface area contributed by atoms with Gasteiger partial charge >= 0.3 is 0 Å². The van der Waals surface area contributed by atoms with E-state index in [0.717, 1.165) is 108 Å². The minimum Gasteiger partial charge on any atom is -0.497 e. The minimum atomic E-state index is -0.496. The molecule has 0 saturated carbocycles. The minimum absolute atomic E-state index is 0. The number of hydrogen-bond acceptors (Lipinski definition) is 5. The van der Waals surface area contributed by atoms with Gasteiger partial charge in [-0.15, -0.1) is 12.4 Å². The summed E-state index contributed by atoms with van der Waals surface area (Å²) < 4.78 is 7.38. The molecule has 3 N–H and O–H groups in total. The number of aryl methyl sites for hydroxylation is 1. The number of carbonyl (C=O) groups excluding carboxylic acids is 2. The quantitative estimate of drug-likeness (QED) is 0.128. The Hall–Kier alpha value is -3.91. The number of ether oxygens (including phenoxy) is 1. The van der Waals surface area contributed by atoms with Crippen molar-refractivity contribution in [3.8, 4) is 5.75 Å². The van der Waals surface area contributed by atoms with Gasteiger partial charge in [-0.25, -0.2) is 0 Å². The maximum Gasteiger partial charge on any atom is 0.262 e. The number of para-hydroxylation sites is 1. The van der Waals surface area contributed by atoms with E-state index in [2.05, 4.69) is 5.32 Å². The number of halogens is 2. The van der Waals surface area contributed by atoms with Crippen LogP contribution in [0.1, 0.15) is 90.2 Å². The van der Waals surface area contributed by atoms with Gasteiger partial charge in [0.05, 0.1) is 29.7 Å². The van der Waals surface area contributed by atoms with Crippen LogP contribution in [0.5, 0.6) is 5.75 Å². The summed E-state index contributed by atoms with van der Waals surface area (Å²) in [5.74, 6) is -0.0646. The van der Waals surface area contributed by atoms with Crippen LogP contribution in [-0.4, -0.2) is 35.0 Å². The number of unbranched alkanes of at least 4 members (excludes halogenated alkanes) is 4. The lowest BCUT2D eigenvalue weighted by atomic mass is 9.88. The highest BCUT2D eigenvalue weighted by molar-refractivity contribution is 6.30. The van der Waals surface area contributed by atoms with Crippen LogP contribution in [0.4, 0.5) is 5.69 Å². The lowest BCUT2D eigenvalue weighted by Gasteiger charge is -2.24. The van der Waals surface area contributed by atoms with E-state index in [1.54, 1.807) is 35.9 Å². The van der Waals surface area contributed by atoms with Crippen molar-refractivity contribution in [2.24, 2.45) is 5.73 Å². The second-order valence-corrected chi connectivity index (χ2v) is 13.0. The summed E-state index contributed by atoms with van der Waals surface area (Å²) in [7, 11) is 1.63. The second kappa shape index (κ2) is 16.0. The molecule has 0 radical (unpaired) electrons. The number of nitrogens with two attached hydrogens (primary N) is 1. The topological polar surface area (TPSA) is 99.2 Å². The van der Waals surface area contributed by atoms with Crippen molar-refractivity contribution in [2.75, 3.05) is 19.0 Å². The third-order valence-corrected chi connectivity index (χ3v) is 9.79. The van der Waals surface area contributed by atoms with E-state index in [1.807, 2.05) is 49.4 Å². The number of carbonyl (C=O) groups is 2. The number of methoxy groups -OCH3 is 1. The highest BCUT2D eigenvalue weighted by atomic mass is 35.5. The van der Waals surface area contributed by atoms with Crippen molar-refractivity contribution in [3.05, 3.63) is 99.8 Å². The van der Waals surface area contributed by atoms with Gasteiger partial charge in [-0.05, 0) is 112 Å². The van der Waals surface area contributed by atoms with Crippen molar-refractivity contribution < 1.29 is 14.3 Å². The molecule has 1 aliphatic rings. The molecule has 48 heavy (non-hydrogen) atoms. The Morgan fingerprint density at radius 2 is 1.69 bits per heavy atom. The normalized spacial score (nSPS) is 13.2. The average molecular weight is 688 g/mol. The molecule has 6 rings (SSSR count). The van der Waals surface area contributed by atoms with Crippen LogP contribution in [0.3, 0.4) is 0 Å². The SMILES string of the molecule is COc1ccc2c(c1)c(C(CCCCCCCN)C(=O)Nc1c3c(nc4ccccc14)CCCC3)c(C)n2C(=O)c1ccc(Cl)cc1.Cl. The summed E-state index contributed by atoms with van der Waals surface area (Å²) in [6.45, 7) is 2.64. The van der Waals surface area contributed by atoms with Crippen molar-refractivity contribution >= 4 is 63.3 Å². The molecule has 1 aliphatic carbocycles. The molecule has 1 amide bonds. The molecule has 5 aromatic rings. The van der Waals surface area contributed by atoms with E-state index in [4.69, 9.17) is 27.1 Å². The van der Waals surface area contributed by atoms with Crippen LogP contribution in [0.2, 0.25) is 5.02 Å². The molecule has 1 atom stereocenters. The molecule has 2 aromatic heterocycles. The Morgan fingerprint density at radius 1 is 0.958 bits per heavy atom. The lowest BCUT2D eigenvalue weighted by molar-refractivity contribution is -0.117. The fourth-order valence-electron chi connectivity index (χ4n) is 7.13. The molecular formula is C39H44Cl2N4O3. The van der Waals surface area contributed by atoms with Crippen molar-refractivity contribution in [3.63, 3.8) is 0 Å². The highest BCUT2D eigenvalue weighted by Gasteiger charge is 2.31. The van der Waals surface area contributed by atoms with Crippen LogP contribution in [0, 0.1) is 6.92 Å². The average Bonchev–Trinajstić information content (AvgIpc) is 3.38. The third-order valence-electron chi connectivity index (χ3n) is 9.53. The number of nitrogens with one attached hydrogen (secondary N) is 1. The second-order valence-electron chi connectivity index (χ2n) is 12.6. The van der Waals surface area contributed by atoms with Crippen LogP contribution in [-0.2, 0) is 17.6 Å². The summed E-state index contributed by atoms with van der Waals surface area (Å²) >= 11 is 6.15. The number of benzene rings is 3. The fourth-order valence-corrected chi connectivity index (χ4v) is 7.25. The number of rotatable bonds is 12. The van der Waals surface area contributed by atoms with Gasteiger partial charge in [0.25, 0.3) is 5.91 Å². The molecule has 0 bridgehead atoms. The van der Waals surface area contributed by atoms with Gasteiger partial charge in [-0.1, -0.05) is 55.5 Å². The van der Waals surface area contributed by atoms with E-state index in [1.165, 1.54) is 0 Å². The van der Waals surface area contributed by atoms with Gasteiger partial charge < -0.3 is 15.8 Å². The molecule has 0 spiro atoms. The lowest BCUT2D eigenvalue weighted by Crippen LogP contribution is -2.24. The smallest absolute Gasteiger partial charge is 0.262 e. The first-order valence-electron chi connectivity index (χ1n) is 16.8. The Balaban J connectivity index is 0.00000451. The molecule has 0 fully saturated rings. The molecule has 1 unspecified atom stereocenters. The Labute approximate surface area is 293 Å². The molecule has 0 saturated heterocycles. The third kappa shape index (κ3) is 7.24. The fraction of sp³-hybridized carbons (Fsp3) is 0.359. The summed E-state index contributed by atoms with van der Waals surface area (Å²) in [6.07, 6.45) is 9.64. The van der Waals surface area contributed by atoms with Gasteiger partial charge in [-0.2, -0.15) is 0 Å². The summed E-state index contributed by atoms with van der Waals surface area (Å²) in [6, 6.07) is 20.7. The van der Waals surface area contributed by atoms with Crippen LogP contribution >= 0.6 is 24.0 Å². The first-order valence-corrected chi connectivity index (χ1v) is 17.2. The maximum atomic E-state index is 14.8. The zero-order chi connectivity index (χ0) is 32.9. The highest BCUT2D eigenvalue weighted by Crippen LogP contribution is 2.40. The van der Waals surface area contributed by atoms with Crippen molar-refractivity contribution in [1.82, 2.24) is 9.55 Å². The first-order chi connectivity index (χ1) is 22.9. The van der Waals surface area contributed by atoms with Crippen LogP contribution in [0.15, 0.2) is 66.7 Å². The number of pyridine rings is 1. The molecule has 252 valence electrons. The monoisotopic (exact) mass is 686 g/mol. The van der Waals surface area contributed by atoms with Crippen molar-refractivity contribution in [1.29, 1.82) is 0 Å². The maximum absolute atomic E-state index is 14.8. The first kappa shape index (κ1) is 35.4. The van der Waals surface area contributed by atoms with Gasteiger partial charge in [-0.3, -0.25) is 19.1 Å². The molecular weight excluding hydrogens is 643 g/mol. The molecule has 0 aliphatic heterocycles. The van der Waals surface area contributed by atoms with Crippen molar-refractivity contribution in [2.45, 2.75) is 77.0 Å². The van der Waals surface area contributed by atoms with Gasteiger partial charge in [0.15, 0.2) is 0 Å². The molecule has 2 heterocycles. The number of amides is 1. The number of aromatic nitrogens is 2. The summed E-state index contributed by atoms with van der Waals surface area (Å²) in [4.78, 5) is 33.8. The summed E-state index contributed by atoms with van der Waals surface area (Å²) in [5.41, 5.74) is 12.6.